The highest BCUT2D eigenvalue weighted by molar-refractivity contribution is 7.91. The van der Waals surface area contributed by atoms with Gasteiger partial charge in [0.25, 0.3) is 0 Å². The van der Waals surface area contributed by atoms with Crippen molar-refractivity contribution < 1.29 is 17.6 Å². The van der Waals surface area contributed by atoms with Crippen LogP contribution in [0.2, 0.25) is 5.02 Å². The summed E-state index contributed by atoms with van der Waals surface area (Å²) < 4.78 is 30.1. The molecule has 4 aromatic rings. The number of Topliss-reactive ketones (excluding diaryl/α,β-unsaturated/α-hetero) is 1. The first-order chi connectivity index (χ1) is 17.1. The van der Waals surface area contributed by atoms with Gasteiger partial charge in [-0.2, -0.15) is 0 Å². The first-order valence-electron chi connectivity index (χ1n) is 12.0. The summed E-state index contributed by atoms with van der Waals surface area (Å²) in [5.41, 5.74) is 6.20. The van der Waals surface area contributed by atoms with Crippen molar-refractivity contribution in [2.75, 3.05) is 5.75 Å². The predicted molar refractivity (Wildman–Crippen MR) is 139 cm³/mol. The van der Waals surface area contributed by atoms with Gasteiger partial charge in [-0.1, -0.05) is 30.7 Å². The molecule has 1 saturated carbocycles. The van der Waals surface area contributed by atoms with Gasteiger partial charge in [0.05, 0.1) is 16.1 Å². The minimum absolute atomic E-state index is 0.0176. The smallest absolute Gasteiger partial charge is 0.206 e. The standard InChI is InChI=1S/C28H27ClN2O4S/c1-4-36(33,34)23-7-6-21(30-16-23)15-22(32)13-19-11-17(2)26(18(3)12-19)28(9-10-28)27-31-24-8-5-20(29)14-25(24)35-27/h5-8,11-12,14,16H,4,9-10,13,15H2,1-3H3. The van der Waals surface area contributed by atoms with E-state index in [4.69, 9.17) is 21.0 Å². The molecular formula is C28H27ClN2O4S. The second kappa shape index (κ2) is 9.12. The number of rotatable bonds is 8. The number of carbonyl (C=O) groups is 1. The summed E-state index contributed by atoms with van der Waals surface area (Å²) in [6.45, 7) is 5.74. The Bertz CT molecular complexity index is 1560. The largest absolute Gasteiger partial charge is 0.440 e. The monoisotopic (exact) mass is 522 g/mol. The molecule has 0 N–H and O–H groups in total. The number of ketones is 1. The Morgan fingerprint density at radius 2 is 1.78 bits per heavy atom. The molecule has 2 aromatic heterocycles. The van der Waals surface area contributed by atoms with Gasteiger partial charge in [0.2, 0.25) is 5.89 Å². The highest BCUT2D eigenvalue weighted by atomic mass is 35.5. The number of aromatic nitrogens is 2. The molecule has 1 aliphatic carbocycles. The van der Waals surface area contributed by atoms with E-state index in [1.165, 1.54) is 17.8 Å². The van der Waals surface area contributed by atoms with Crippen LogP contribution in [-0.4, -0.2) is 29.9 Å². The Kier molecular flexibility index (Phi) is 6.25. The quantitative estimate of drug-likeness (QED) is 0.294. The molecule has 0 spiro atoms. The summed E-state index contributed by atoms with van der Waals surface area (Å²) in [7, 11) is -3.31. The maximum atomic E-state index is 12.8. The van der Waals surface area contributed by atoms with Gasteiger partial charge in [-0.05, 0) is 73.2 Å². The maximum absolute atomic E-state index is 12.8. The van der Waals surface area contributed by atoms with Crippen LogP contribution in [0.15, 0.2) is 58.0 Å². The van der Waals surface area contributed by atoms with Crippen LogP contribution in [0.3, 0.4) is 0 Å². The summed E-state index contributed by atoms with van der Waals surface area (Å²) >= 11 is 6.12. The summed E-state index contributed by atoms with van der Waals surface area (Å²) in [6, 6.07) is 12.8. The molecule has 0 unspecified atom stereocenters. The lowest BCUT2D eigenvalue weighted by Gasteiger charge is -2.19. The van der Waals surface area contributed by atoms with E-state index >= 15 is 0 Å². The number of sulfone groups is 1. The zero-order valence-electron chi connectivity index (χ0n) is 20.5. The molecule has 0 bridgehead atoms. The summed E-state index contributed by atoms with van der Waals surface area (Å²) in [5.74, 6) is 0.760. The van der Waals surface area contributed by atoms with Crippen LogP contribution < -0.4 is 0 Å². The van der Waals surface area contributed by atoms with E-state index in [1.54, 1.807) is 19.1 Å². The van der Waals surface area contributed by atoms with Crippen molar-refractivity contribution in [1.82, 2.24) is 9.97 Å². The lowest BCUT2D eigenvalue weighted by molar-refractivity contribution is -0.117. The molecular weight excluding hydrogens is 496 g/mol. The van der Waals surface area contributed by atoms with Gasteiger partial charge in [-0.3, -0.25) is 9.78 Å². The number of halogens is 1. The molecule has 0 saturated heterocycles. The van der Waals surface area contributed by atoms with Gasteiger partial charge < -0.3 is 4.42 Å². The second-order valence-corrected chi connectivity index (χ2v) is 12.3. The van der Waals surface area contributed by atoms with E-state index in [1.807, 2.05) is 12.1 Å². The number of hydrogen-bond donors (Lipinski definition) is 0. The molecule has 1 aliphatic rings. The minimum Gasteiger partial charge on any atom is -0.440 e. The molecule has 8 heteroatoms. The molecule has 0 radical (unpaired) electrons. The number of benzene rings is 2. The van der Waals surface area contributed by atoms with Crippen LogP contribution in [0.4, 0.5) is 0 Å². The Morgan fingerprint density at radius 1 is 1.06 bits per heavy atom. The van der Waals surface area contributed by atoms with E-state index in [2.05, 4.69) is 31.0 Å². The third-order valence-corrected chi connectivity index (χ3v) is 8.85. The molecule has 2 aromatic carbocycles. The van der Waals surface area contributed by atoms with Crippen LogP contribution in [0, 0.1) is 13.8 Å². The van der Waals surface area contributed by atoms with Crippen molar-refractivity contribution in [2.45, 2.75) is 56.8 Å². The lowest BCUT2D eigenvalue weighted by atomic mass is 9.85. The van der Waals surface area contributed by atoms with E-state index in [0.29, 0.717) is 16.3 Å². The normalized spacial score (nSPS) is 14.8. The van der Waals surface area contributed by atoms with Gasteiger partial charge in [0, 0.05) is 35.8 Å². The fourth-order valence-corrected chi connectivity index (χ4v) is 6.05. The first kappa shape index (κ1) is 24.7. The van der Waals surface area contributed by atoms with Crippen LogP contribution in [0.1, 0.15) is 53.6 Å². The highest BCUT2D eigenvalue weighted by Gasteiger charge is 2.52. The summed E-state index contributed by atoms with van der Waals surface area (Å²) in [6.07, 6.45) is 3.69. The zero-order chi connectivity index (χ0) is 25.7. The fraction of sp³-hybridized carbons (Fsp3) is 0.321. The van der Waals surface area contributed by atoms with Gasteiger partial charge in [-0.15, -0.1) is 0 Å². The average molecular weight is 523 g/mol. The number of fused-ring (bicyclic) bond motifs is 1. The molecule has 2 heterocycles. The highest BCUT2D eigenvalue weighted by Crippen LogP contribution is 2.55. The van der Waals surface area contributed by atoms with Crippen molar-refractivity contribution in [3.05, 3.63) is 87.5 Å². The molecule has 6 nitrogen and oxygen atoms in total. The predicted octanol–water partition coefficient (Wildman–Crippen LogP) is 5.72. The Hall–Kier alpha value is -3.03. The molecule has 0 atom stereocenters. The van der Waals surface area contributed by atoms with Crippen molar-refractivity contribution >= 4 is 38.3 Å². The van der Waals surface area contributed by atoms with Crippen molar-refractivity contribution in [1.29, 1.82) is 0 Å². The molecule has 0 aliphatic heterocycles. The number of carbonyl (C=O) groups excluding carboxylic acids is 1. The molecule has 36 heavy (non-hydrogen) atoms. The Labute approximate surface area is 215 Å². The molecule has 0 amide bonds. The summed E-state index contributed by atoms with van der Waals surface area (Å²) in [5, 5.41) is 0.619. The Morgan fingerprint density at radius 3 is 2.39 bits per heavy atom. The molecule has 186 valence electrons. The molecule has 5 rings (SSSR count). The Balaban J connectivity index is 1.34. The van der Waals surface area contributed by atoms with Crippen LogP contribution >= 0.6 is 11.6 Å². The van der Waals surface area contributed by atoms with Crippen molar-refractivity contribution in [2.24, 2.45) is 0 Å². The number of oxazole rings is 1. The van der Waals surface area contributed by atoms with Crippen LogP contribution in [-0.2, 0) is 32.9 Å². The van der Waals surface area contributed by atoms with Gasteiger partial charge in [0.15, 0.2) is 15.4 Å². The third kappa shape index (κ3) is 4.58. The first-order valence-corrected chi connectivity index (χ1v) is 14.0. The van der Waals surface area contributed by atoms with E-state index in [-0.39, 0.29) is 34.7 Å². The summed E-state index contributed by atoms with van der Waals surface area (Å²) in [4.78, 5) is 21.9. The van der Waals surface area contributed by atoms with Crippen molar-refractivity contribution in [3.63, 3.8) is 0 Å². The fourth-order valence-electron chi connectivity index (χ4n) is 5.07. The number of pyridine rings is 1. The lowest BCUT2D eigenvalue weighted by Crippen LogP contribution is -2.15. The molecule has 1 fully saturated rings. The van der Waals surface area contributed by atoms with Gasteiger partial charge >= 0.3 is 0 Å². The van der Waals surface area contributed by atoms with E-state index in [9.17, 15) is 13.2 Å². The van der Waals surface area contributed by atoms with Crippen LogP contribution in [0.25, 0.3) is 11.1 Å². The zero-order valence-corrected chi connectivity index (χ0v) is 22.0. The third-order valence-electron chi connectivity index (χ3n) is 6.90. The van der Waals surface area contributed by atoms with E-state index in [0.717, 1.165) is 40.9 Å². The maximum Gasteiger partial charge on any atom is 0.206 e. The van der Waals surface area contributed by atoms with Crippen molar-refractivity contribution in [3.8, 4) is 0 Å². The number of nitrogens with zero attached hydrogens (tertiary/aromatic N) is 2. The van der Waals surface area contributed by atoms with Gasteiger partial charge in [0.1, 0.15) is 11.3 Å². The van der Waals surface area contributed by atoms with Gasteiger partial charge in [-0.25, -0.2) is 13.4 Å². The number of aryl methyl sites for hydroxylation is 2. The number of hydrogen-bond acceptors (Lipinski definition) is 6. The second-order valence-electron chi connectivity index (χ2n) is 9.60. The average Bonchev–Trinajstić information content (AvgIpc) is 3.50. The SMILES string of the molecule is CCS(=O)(=O)c1ccc(CC(=O)Cc2cc(C)c(C3(c4nc5ccc(Cl)cc5o4)CC3)c(C)c2)nc1. The van der Waals surface area contributed by atoms with E-state index < -0.39 is 9.84 Å². The van der Waals surface area contributed by atoms with Crippen LogP contribution in [0.5, 0.6) is 0 Å². The topological polar surface area (TPSA) is 90.1 Å². The minimum atomic E-state index is -3.31.